The number of pyridine rings is 1. The monoisotopic (exact) mass is 336 g/mol. The van der Waals surface area contributed by atoms with Gasteiger partial charge in [-0.15, -0.1) is 0 Å². The van der Waals surface area contributed by atoms with Crippen LogP contribution in [-0.2, 0) is 12.8 Å². The number of nitrogens with zero attached hydrogens (tertiary/aromatic N) is 1. The first kappa shape index (κ1) is 15.1. The van der Waals surface area contributed by atoms with E-state index in [1.54, 1.807) is 0 Å². The summed E-state index contributed by atoms with van der Waals surface area (Å²) >= 11 is 3.39. The van der Waals surface area contributed by atoms with Gasteiger partial charge in [-0.3, -0.25) is 4.98 Å². The molecule has 106 valence electrons. The van der Waals surface area contributed by atoms with Crippen molar-refractivity contribution in [1.29, 1.82) is 0 Å². The second-order valence-electron chi connectivity index (χ2n) is 4.93. The van der Waals surface area contributed by atoms with E-state index in [0.717, 1.165) is 35.1 Å². The van der Waals surface area contributed by atoms with Gasteiger partial charge in [-0.05, 0) is 78.1 Å². The highest BCUT2D eigenvalue weighted by Gasteiger charge is 2.11. The molecule has 0 aliphatic rings. The van der Waals surface area contributed by atoms with Crippen molar-refractivity contribution in [2.75, 3.05) is 13.6 Å². The van der Waals surface area contributed by atoms with Gasteiger partial charge in [0, 0.05) is 16.4 Å². The minimum atomic E-state index is -0.187. The van der Waals surface area contributed by atoms with Crippen LogP contribution in [0.2, 0.25) is 0 Å². The van der Waals surface area contributed by atoms with Crippen LogP contribution >= 0.6 is 15.9 Å². The molecule has 1 heterocycles. The average Bonchev–Trinajstić information content (AvgIpc) is 2.44. The molecule has 2 nitrogen and oxygen atoms in total. The van der Waals surface area contributed by atoms with E-state index in [4.69, 9.17) is 0 Å². The fraction of sp³-hybridized carbons (Fsp3) is 0.312. The summed E-state index contributed by atoms with van der Waals surface area (Å²) in [5.41, 5.74) is 2.24. The Morgan fingerprint density at radius 1 is 1.15 bits per heavy atom. The van der Waals surface area contributed by atoms with Gasteiger partial charge in [-0.2, -0.15) is 0 Å². The third-order valence-electron chi connectivity index (χ3n) is 3.22. The van der Waals surface area contributed by atoms with Gasteiger partial charge in [0.25, 0.3) is 0 Å². The largest absolute Gasteiger partial charge is 0.319 e. The maximum absolute atomic E-state index is 12.9. The molecular formula is C16H18BrFN2. The zero-order valence-corrected chi connectivity index (χ0v) is 13.0. The molecule has 1 aromatic carbocycles. The maximum atomic E-state index is 12.9. The van der Waals surface area contributed by atoms with E-state index in [1.807, 2.05) is 37.5 Å². The number of halogens is 2. The van der Waals surface area contributed by atoms with Crippen LogP contribution in [0.15, 0.2) is 47.1 Å². The van der Waals surface area contributed by atoms with Crippen molar-refractivity contribution in [2.45, 2.75) is 12.8 Å². The van der Waals surface area contributed by atoms with Gasteiger partial charge in [0.05, 0.1) is 0 Å². The van der Waals surface area contributed by atoms with E-state index in [2.05, 4.69) is 26.2 Å². The molecule has 4 heteroatoms. The van der Waals surface area contributed by atoms with Crippen LogP contribution in [0, 0.1) is 11.7 Å². The van der Waals surface area contributed by atoms with Crippen molar-refractivity contribution in [3.8, 4) is 0 Å². The molecule has 1 N–H and O–H groups in total. The van der Waals surface area contributed by atoms with Crippen molar-refractivity contribution < 1.29 is 4.39 Å². The second-order valence-corrected chi connectivity index (χ2v) is 5.84. The number of aromatic nitrogens is 1. The maximum Gasteiger partial charge on any atom is 0.123 e. The lowest BCUT2D eigenvalue weighted by Gasteiger charge is -2.16. The molecule has 20 heavy (non-hydrogen) atoms. The molecule has 0 spiro atoms. The molecule has 0 amide bonds. The zero-order valence-electron chi connectivity index (χ0n) is 11.4. The van der Waals surface area contributed by atoms with Crippen molar-refractivity contribution in [2.24, 2.45) is 5.92 Å². The third-order valence-corrected chi connectivity index (χ3v) is 3.69. The molecule has 1 atom stereocenters. The minimum absolute atomic E-state index is 0.187. The van der Waals surface area contributed by atoms with Crippen LogP contribution in [0.1, 0.15) is 11.3 Å². The SMILES string of the molecule is CNCC(Cc1ccc(F)cc1)Cc1ccc(Br)cn1. The quantitative estimate of drug-likeness (QED) is 0.871. The van der Waals surface area contributed by atoms with Gasteiger partial charge in [0.15, 0.2) is 0 Å². The summed E-state index contributed by atoms with van der Waals surface area (Å²) in [6.07, 6.45) is 3.65. The summed E-state index contributed by atoms with van der Waals surface area (Å²) in [7, 11) is 1.95. The standard InChI is InChI=1S/C16H18BrFN2/c1-19-10-13(8-12-2-5-15(18)6-3-12)9-16-7-4-14(17)11-20-16/h2-7,11,13,19H,8-10H2,1H3. The van der Waals surface area contributed by atoms with E-state index >= 15 is 0 Å². The molecule has 0 fully saturated rings. The van der Waals surface area contributed by atoms with Crippen LogP contribution in [0.25, 0.3) is 0 Å². The Labute approximate surface area is 127 Å². The zero-order chi connectivity index (χ0) is 14.4. The Hall–Kier alpha value is -1.26. The van der Waals surface area contributed by atoms with Crippen molar-refractivity contribution in [3.05, 3.63) is 64.1 Å². The number of rotatable bonds is 6. The molecule has 1 aromatic heterocycles. The number of nitrogens with one attached hydrogen (secondary N) is 1. The Balaban J connectivity index is 2.02. The first-order chi connectivity index (χ1) is 9.67. The van der Waals surface area contributed by atoms with Crippen molar-refractivity contribution >= 4 is 15.9 Å². The highest BCUT2D eigenvalue weighted by molar-refractivity contribution is 9.10. The van der Waals surface area contributed by atoms with Gasteiger partial charge in [-0.1, -0.05) is 12.1 Å². The summed E-state index contributed by atoms with van der Waals surface area (Å²) < 4.78 is 13.9. The fourth-order valence-corrected chi connectivity index (χ4v) is 2.52. The number of hydrogen-bond donors (Lipinski definition) is 1. The summed E-state index contributed by atoms with van der Waals surface area (Å²) in [6, 6.07) is 10.8. The third kappa shape index (κ3) is 4.69. The molecular weight excluding hydrogens is 319 g/mol. The van der Waals surface area contributed by atoms with Gasteiger partial charge in [-0.25, -0.2) is 4.39 Å². The van der Waals surface area contributed by atoms with Crippen LogP contribution < -0.4 is 5.32 Å². The summed E-state index contributed by atoms with van der Waals surface area (Å²) in [5, 5.41) is 3.22. The highest BCUT2D eigenvalue weighted by Crippen LogP contribution is 2.15. The van der Waals surface area contributed by atoms with E-state index in [9.17, 15) is 4.39 Å². The number of hydrogen-bond acceptors (Lipinski definition) is 2. The van der Waals surface area contributed by atoms with Gasteiger partial charge in [0.2, 0.25) is 0 Å². The van der Waals surface area contributed by atoms with E-state index in [-0.39, 0.29) is 5.82 Å². The Kier molecular flexibility index (Phi) is 5.68. The van der Waals surface area contributed by atoms with E-state index < -0.39 is 0 Å². The van der Waals surface area contributed by atoms with Crippen LogP contribution in [0.3, 0.4) is 0 Å². The van der Waals surface area contributed by atoms with Gasteiger partial charge < -0.3 is 5.32 Å². The van der Waals surface area contributed by atoms with Crippen molar-refractivity contribution in [3.63, 3.8) is 0 Å². The van der Waals surface area contributed by atoms with Crippen LogP contribution in [0.5, 0.6) is 0 Å². The summed E-state index contributed by atoms with van der Waals surface area (Å²) in [5.74, 6) is 0.257. The minimum Gasteiger partial charge on any atom is -0.319 e. The van der Waals surface area contributed by atoms with E-state index in [1.165, 1.54) is 12.1 Å². The molecule has 0 saturated carbocycles. The average molecular weight is 337 g/mol. The lowest BCUT2D eigenvalue weighted by molar-refractivity contribution is 0.487. The molecule has 2 aromatic rings. The fourth-order valence-electron chi connectivity index (χ4n) is 2.28. The summed E-state index contributed by atoms with van der Waals surface area (Å²) in [4.78, 5) is 4.42. The molecule has 0 saturated heterocycles. The molecule has 0 radical (unpaired) electrons. The normalized spacial score (nSPS) is 12.3. The molecule has 0 aliphatic carbocycles. The highest BCUT2D eigenvalue weighted by atomic mass is 79.9. The molecule has 1 unspecified atom stereocenters. The lowest BCUT2D eigenvalue weighted by atomic mass is 9.94. The topological polar surface area (TPSA) is 24.9 Å². The Morgan fingerprint density at radius 3 is 2.50 bits per heavy atom. The van der Waals surface area contributed by atoms with Gasteiger partial charge in [0.1, 0.15) is 5.82 Å². The van der Waals surface area contributed by atoms with Crippen molar-refractivity contribution in [1.82, 2.24) is 10.3 Å². The van der Waals surface area contributed by atoms with Gasteiger partial charge >= 0.3 is 0 Å². The summed E-state index contributed by atoms with van der Waals surface area (Å²) in [6.45, 7) is 0.912. The molecule has 2 rings (SSSR count). The lowest BCUT2D eigenvalue weighted by Crippen LogP contribution is -2.23. The predicted molar refractivity (Wildman–Crippen MR) is 83.2 cm³/mol. The first-order valence-electron chi connectivity index (χ1n) is 6.67. The second kappa shape index (κ2) is 7.50. The van der Waals surface area contributed by atoms with Crippen LogP contribution in [-0.4, -0.2) is 18.6 Å². The number of benzene rings is 1. The Bertz CT molecular complexity index is 478. The first-order valence-corrected chi connectivity index (χ1v) is 7.46. The smallest absolute Gasteiger partial charge is 0.123 e. The van der Waals surface area contributed by atoms with E-state index in [0.29, 0.717) is 5.92 Å². The molecule has 0 aliphatic heterocycles. The predicted octanol–water partition coefficient (Wildman–Crippen LogP) is 3.60. The Morgan fingerprint density at radius 2 is 1.90 bits per heavy atom. The van der Waals surface area contributed by atoms with Crippen LogP contribution in [0.4, 0.5) is 4.39 Å². The molecule has 0 bridgehead atoms.